The highest BCUT2D eigenvalue weighted by Gasteiger charge is 2.45. The number of hydrogen-bond acceptors (Lipinski definition) is 15. The third-order valence-corrected chi connectivity index (χ3v) is 12.3. The highest BCUT2D eigenvalue weighted by molar-refractivity contribution is 7.80. The number of aliphatic hydroxyl groups excluding tert-OH is 1. The third-order valence-electron chi connectivity index (χ3n) is 11.8. The van der Waals surface area contributed by atoms with Crippen LogP contribution in [0.2, 0.25) is 0 Å². The van der Waals surface area contributed by atoms with Gasteiger partial charge in [0.25, 0.3) is 17.7 Å². The van der Waals surface area contributed by atoms with E-state index in [0.29, 0.717) is 11.1 Å². The van der Waals surface area contributed by atoms with E-state index >= 15 is 0 Å². The number of piperidine rings is 1. The minimum Gasteiger partial charge on any atom is -0.508 e. The zero-order valence-electron chi connectivity index (χ0n) is 40.1. The molecule has 8 N–H and O–H groups in total. The Hall–Kier alpha value is -6.47. The molecule has 4 rings (SSSR count). The number of nitrogens with zero attached hydrogens (tertiary/aromatic N) is 2. The number of benzene rings is 2. The lowest BCUT2D eigenvalue weighted by Crippen LogP contribution is -2.64. The van der Waals surface area contributed by atoms with Crippen molar-refractivity contribution in [2.75, 3.05) is 20.8 Å². The molecule has 70 heavy (non-hydrogen) atoms. The van der Waals surface area contributed by atoms with Gasteiger partial charge in [0.1, 0.15) is 66.6 Å². The Morgan fingerprint density at radius 1 is 0.886 bits per heavy atom. The van der Waals surface area contributed by atoms with E-state index in [9.17, 15) is 57.0 Å². The lowest BCUT2D eigenvalue weighted by atomic mass is 9.95. The van der Waals surface area contributed by atoms with Gasteiger partial charge in [0.2, 0.25) is 23.6 Å². The molecular formula is C46H63N7O16S. The number of nitrogens with one attached hydrogen (secondary N) is 5. The molecule has 384 valence electrons. The van der Waals surface area contributed by atoms with E-state index in [4.69, 9.17) is 14.0 Å². The molecule has 23 nitrogen and oxygen atoms in total. The molecule has 7 amide bonds. The van der Waals surface area contributed by atoms with Crippen molar-refractivity contribution in [2.24, 2.45) is 11.8 Å². The third kappa shape index (κ3) is 15.0. The number of aliphatic hydroxyl groups is 1. The van der Waals surface area contributed by atoms with Crippen molar-refractivity contribution in [1.82, 2.24) is 36.4 Å². The molecule has 2 aliphatic heterocycles. The molecule has 0 radical (unpaired) electrons. The molecule has 9 atom stereocenters. The standard InChI is InChI=1S/C46H63N7O16S/c1-9-30-39(56)48-31-19-20-35(55)53(44(31)61)33(22-27-13-11-10-12-14-27)45(62)52(7)32(21-28-15-17-29(54)18-16-28)40(57)50-37(25(4)5)46(63)69-26(6)38(43(60)47-30)51-42(59)36(24(2)3)49-41(58)34(67-8)23-68-70(64,65)66/h9-18,24-26,31-38,54-55H,19-23H2,1-8H3,(H,47,60)(H,48,56)(H,49,58)(H,50,57)(H,51,59)(H,64,65,66)/b30-9-/t26-,31+,32+,33+,34-,35-,36+,37+,38+/m1/s1. The van der Waals surface area contributed by atoms with Crippen molar-refractivity contribution in [1.29, 1.82) is 0 Å². The van der Waals surface area contributed by atoms with Crippen LogP contribution in [0.4, 0.5) is 0 Å². The van der Waals surface area contributed by atoms with Crippen LogP contribution in [0.5, 0.6) is 5.75 Å². The minimum absolute atomic E-state index is 0.0742. The van der Waals surface area contributed by atoms with Crippen LogP contribution in [0.15, 0.2) is 66.4 Å². The first kappa shape index (κ1) is 56.1. The number of aromatic hydroxyl groups is 1. The number of carbonyl (C=O) groups is 8. The quantitative estimate of drug-likeness (QED) is 0.0663. The van der Waals surface area contributed by atoms with Crippen LogP contribution in [0.25, 0.3) is 0 Å². The van der Waals surface area contributed by atoms with Gasteiger partial charge in [-0.15, -0.1) is 0 Å². The first-order valence-corrected chi connectivity index (χ1v) is 23.9. The summed E-state index contributed by atoms with van der Waals surface area (Å²) in [4.78, 5) is 116. The number of amides is 7. The molecular weight excluding hydrogens is 939 g/mol. The average molecular weight is 1000 g/mol. The molecule has 2 aromatic rings. The molecule has 2 heterocycles. The Morgan fingerprint density at radius 2 is 1.50 bits per heavy atom. The van der Waals surface area contributed by atoms with Crippen LogP contribution < -0.4 is 26.6 Å². The minimum atomic E-state index is -4.99. The van der Waals surface area contributed by atoms with E-state index in [2.05, 4.69) is 30.8 Å². The predicted molar refractivity (Wildman–Crippen MR) is 248 cm³/mol. The number of rotatable bonds is 14. The second-order valence-corrected chi connectivity index (χ2v) is 18.7. The number of esters is 1. The molecule has 0 unspecified atom stereocenters. The molecule has 0 spiro atoms. The Labute approximate surface area is 406 Å². The highest BCUT2D eigenvalue weighted by atomic mass is 32.3. The topological polar surface area (TPSA) is 326 Å². The van der Waals surface area contributed by atoms with E-state index in [0.717, 1.165) is 16.9 Å². The van der Waals surface area contributed by atoms with Gasteiger partial charge in [0.15, 0.2) is 6.10 Å². The number of phenols is 1. The van der Waals surface area contributed by atoms with Gasteiger partial charge in [0.05, 0.1) is 0 Å². The SMILES string of the molecule is C/C=C1\NC(=O)[C@@H](NC(=O)[C@@H](NC(=O)[C@@H](COS(=O)(=O)O)OC)C(C)C)[C@@H](C)OC(=O)[C@H](C(C)C)NC(=O)[C@H](Cc2ccc(O)cc2)N(C)C(=O)[C@H](Cc2ccccc2)N2C(=O)[C@H](CC[C@H]2O)NC1=O. The maximum atomic E-state index is 15.0. The molecule has 0 aliphatic carbocycles. The molecule has 2 aliphatic rings. The maximum Gasteiger partial charge on any atom is 0.397 e. The second kappa shape index (κ2) is 24.9. The highest BCUT2D eigenvalue weighted by Crippen LogP contribution is 2.26. The number of fused-ring (bicyclic) bond motifs is 2. The maximum absolute atomic E-state index is 15.0. The van der Waals surface area contributed by atoms with Crippen LogP contribution in [-0.4, -0.2) is 156 Å². The average Bonchev–Trinajstić information content (AvgIpc) is 3.30. The zero-order chi connectivity index (χ0) is 52.2. The summed E-state index contributed by atoms with van der Waals surface area (Å²) < 4.78 is 46.4. The first-order valence-electron chi connectivity index (χ1n) is 22.5. The van der Waals surface area contributed by atoms with Crippen LogP contribution >= 0.6 is 0 Å². The number of methoxy groups -OCH3 is 1. The number of carbonyl (C=O) groups excluding carboxylic acids is 8. The van der Waals surface area contributed by atoms with E-state index < -0.39 is 137 Å². The van der Waals surface area contributed by atoms with Crippen molar-refractivity contribution in [2.45, 2.75) is 122 Å². The summed E-state index contributed by atoms with van der Waals surface area (Å²) in [5, 5.41) is 34.0. The fourth-order valence-electron chi connectivity index (χ4n) is 7.79. The van der Waals surface area contributed by atoms with Gasteiger partial charge in [-0.25, -0.2) is 8.98 Å². The van der Waals surface area contributed by atoms with E-state index in [1.54, 1.807) is 44.2 Å². The number of allylic oxidation sites excluding steroid dienone is 1. The van der Waals surface area contributed by atoms with Gasteiger partial charge in [-0.2, -0.15) is 8.42 Å². The zero-order valence-corrected chi connectivity index (χ0v) is 40.9. The van der Waals surface area contributed by atoms with Crippen LogP contribution in [0.1, 0.15) is 65.5 Å². The van der Waals surface area contributed by atoms with Gasteiger partial charge in [-0.3, -0.25) is 38.1 Å². The molecule has 2 aromatic carbocycles. The second-order valence-electron chi connectivity index (χ2n) is 17.6. The van der Waals surface area contributed by atoms with Crippen molar-refractivity contribution < 1.29 is 75.2 Å². The van der Waals surface area contributed by atoms with Crippen LogP contribution in [0.3, 0.4) is 0 Å². The van der Waals surface area contributed by atoms with Gasteiger partial charge in [0, 0.05) is 27.0 Å². The monoisotopic (exact) mass is 1000 g/mol. The summed E-state index contributed by atoms with van der Waals surface area (Å²) in [5.41, 5.74) is 0.638. The van der Waals surface area contributed by atoms with Crippen molar-refractivity contribution in [3.63, 3.8) is 0 Å². The molecule has 2 fully saturated rings. The summed E-state index contributed by atoms with van der Waals surface area (Å²) >= 11 is 0. The molecule has 24 heteroatoms. The first-order chi connectivity index (χ1) is 32.9. The Balaban J connectivity index is 1.82. The number of likely N-dealkylation sites (N-methyl/N-ethyl adjacent to an activating group) is 1. The van der Waals surface area contributed by atoms with Gasteiger partial charge >= 0.3 is 16.4 Å². The normalized spacial score (nSPS) is 24.9. The predicted octanol–water partition coefficient (Wildman–Crippen LogP) is -0.635. The fraction of sp³-hybridized carbons (Fsp3) is 0.522. The summed E-state index contributed by atoms with van der Waals surface area (Å²) in [7, 11) is -2.62. The largest absolute Gasteiger partial charge is 0.508 e. The smallest absolute Gasteiger partial charge is 0.397 e. The summed E-state index contributed by atoms with van der Waals surface area (Å²) in [6, 6.07) is 5.40. The Bertz CT molecular complexity index is 2370. The van der Waals surface area contributed by atoms with E-state index in [-0.39, 0.29) is 31.4 Å². The Kier molecular flexibility index (Phi) is 20.0. The van der Waals surface area contributed by atoms with Crippen molar-refractivity contribution >= 4 is 57.7 Å². The fourth-order valence-corrected chi connectivity index (χ4v) is 8.08. The lowest BCUT2D eigenvalue weighted by Gasteiger charge is -2.43. The molecule has 2 bridgehead atoms. The number of hydrogen-bond donors (Lipinski definition) is 8. The Morgan fingerprint density at radius 3 is 2.07 bits per heavy atom. The van der Waals surface area contributed by atoms with Gasteiger partial charge in [-0.05, 0) is 61.8 Å². The van der Waals surface area contributed by atoms with E-state index in [1.807, 2.05) is 0 Å². The molecule has 0 aromatic heterocycles. The summed E-state index contributed by atoms with van der Waals surface area (Å²) in [6.45, 7) is 7.85. The molecule has 2 saturated heterocycles. The van der Waals surface area contributed by atoms with Gasteiger partial charge in [-0.1, -0.05) is 76.2 Å². The summed E-state index contributed by atoms with van der Waals surface area (Å²) in [6.07, 6.45) is -4.11. The number of phenolic OH excluding ortho intramolecular Hbond substituents is 1. The lowest BCUT2D eigenvalue weighted by molar-refractivity contribution is -0.165. The number of cyclic esters (lactones) is 1. The molecule has 0 saturated carbocycles. The van der Waals surface area contributed by atoms with Gasteiger partial charge < -0.3 is 56.1 Å². The van der Waals surface area contributed by atoms with Crippen LogP contribution in [0, 0.1) is 11.8 Å². The van der Waals surface area contributed by atoms with Crippen LogP contribution in [-0.2, 0) is 75.3 Å². The number of ether oxygens (including phenoxy) is 2. The van der Waals surface area contributed by atoms with Crippen molar-refractivity contribution in [3.8, 4) is 5.75 Å². The van der Waals surface area contributed by atoms with Crippen molar-refractivity contribution in [3.05, 3.63) is 77.5 Å². The van der Waals surface area contributed by atoms with E-state index in [1.165, 1.54) is 65.1 Å². The summed E-state index contributed by atoms with van der Waals surface area (Å²) in [5.74, 6) is -9.30.